The Kier molecular flexibility index (Phi) is 5.53. The third-order valence-corrected chi connectivity index (χ3v) is 5.95. The van der Waals surface area contributed by atoms with Crippen LogP contribution in [-0.2, 0) is 9.84 Å². The molecule has 0 amide bonds. The first-order valence-corrected chi connectivity index (χ1v) is 10.5. The van der Waals surface area contributed by atoms with Gasteiger partial charge in [0.1, 0.15) is 11.6 Å². The molecule has 1 atom stereocenters. The number of hydrogen-bond donors (Lipinski definition) is 2. The first kappa shape index (κ1) is 17.7. The lowest BCUT2D eigenvalue weighted by atomic mass is 10.2. The second-order valence-corrected chi connectivity index (χ2v) is 8.58. The van der Waals surface area contributed by atoms with Crippen LogP contribution in [0.5, 0.6) is 0 Å². The maximum atomic E-state index is 11.7. The number of rotatable bonds is 7. The van der Waals surface area contributed by atoms with E-state index in [0.29, 0.717) is 18.1 Å². The number of anilines is 2. The van der Waals surface area contributed by atoms with Gasteiger partial charge in [-0.25, -0.2) is 18.4 Å². The highest BCUT2D eigenvalue weighted by Crippen LogP contribution is 2.22. The Hall–Kier alpha value is -2.15. The van der Waals surface area contributed by atoms with Crippen molar-refractivity contribution >= 4 is 21.5 Å². The highest BCUT2D eigenvalue weighted by atomic mass is 32.2. The molecule has 1 aliphatic heterocycles. The predicted molar refractivity (Wildman–Crippen MR) is 102 cm³/mol. The average molecular weight is 360 g/mol. The van der Waals surface area contributed by atoms with Gasteiger partial charge in [-0.2, -0.15) is 0 Å². The zero-order valence-corrected chi connectivity index (χ0v) is 15.2. The monoisotopic (exact) mass is 360 g/mol. The van der Waals surface area contributed by atoms with Crippen LogP contribution in [0.4, 0.5) is 11.6 Å². The first-order chi connectivity index (χ1) is 12.1. The molecule has 2 N–H and O–H groups in total. The molecule has 0 saturated carbocycles. The summed E-state index contributed by atoms with van der Waals surface area (Å²) in [4.78, 5) is 9.18. The molecule has 2 heterocycles. The number of benzene rings is 1. The first-order valence-electron chi connectivity index (χ1n) is 8.71. The molecule has 1 unspecified atom stereocenters. The molecule has 0 bridgehead atoms. The Morgan fingerprint density at radius 1 is 1.16 bits per heavy atom. The van der Waals surface area contributed by atoms with Crippen molar-refractivity contribution in [3.05, 3.63) is 36.4 Å². The van der Waals surface area contributed by atoms with Crippen molar-refractivity contribution in [3.63, 3.8) is 0 Å². The van der Waals surface area contributed by atoms with Crippen molar-refractivity contribution in [3.8, 4) is 11.4 Å². The van der Waals surface area contributed by atoms with E-state index < -0.39 is 9.84 Å². The predicted octanol–water partition coefficient (Wildman–Crippen LogP) is 2.95. The minimum atomic E-state index is -2.93. The maximum Gasteiger partial charge on any atom is 0.163 e. The van der Waals surface area contributed by atoms with E-state index in [4.69, 9.17) is 0 Å². The largest absolute Gasteiger partial charge is 0.370 e. The third-order valence-electron chi connectivity index (χ3n) is 4.18. The van der Waals surface area contributed by atoms with E-state index in [1.54, 1.807) is 0 Å². The number of unbranched alkanes of at least 4 members (excludes halogenated alkanes) is 1. The number of aromatic nitrogens is 2. The van der Waals surface area contributed by atoms with Gasteiger partial charge >= 0.3 is 0 Å². The lowest BCUT2D eigenvalue weighted by Crippen LogP contribution is -2.21. The summed E-state index contributed by atoms with van der Waals surface area (Å²) in [7, 11) is -2.93. The lowest BCUT2D eigenvalue weighted by molar-refractivity contribution is 0.602. The molecule has 1 fully saturated rings. The van der Waals surface area contributed by atoms with Crippen LogP contribution in [0.1, 0.15) is 26.2 Å². The van der Waals surface area contributed by atoms with Gasteiger partial charge in [-0.3, -0.25) is 0 Å². The van der Waals surface area contributed by atoms with Crippen LogP contribution in [0, 0.1) is 0 Å². The molecule has 0 spiro atoms. The zero-order valence-electron chi connectivity index (χ0n) is 14.4. The smallest absolute Gasteiger partial charge is 0.163 e. The van der Waals surface area contributed by atoms with Gasteiger partial charge in [0.25, 0.3) is 0 Å². The fourth-order valence-corrected chi connectivity index (χ4v) is 4.51. The molecule has 25 heavy (non-hydrogen) atoms. The van der Waals surface area contributed by atoms with Crippen LogP contribution < -0.4 is 10.6 Å². The second kappa shape index (κ2) is 7.82. The van der Waals surface area contributed by atoms with E-state index in [-0.39, 0.29) is 17.5 Å². The van der Waals surface area contributed by atoms with Crippen molar-refractivity contribution in [1.29, 1.82) is 0 Å². The number of nitrogens with zero attached hydrogens (tertiary/aromatic N) is 2. The second-order valence-electron chi connectivity index (χ2n) is 6.35. The summed E-state index contributed by atoms with van der Waals surface area (Å²) in [5.41, 5.74) is 0.934. The minimum absolute atomic E-state index is 0.0907. The lowest BCUT2D eigenvalue weighted by Gasteiger charge is -2.14. The molecule has 0 aliphatic carbocycles. The van der Waals surface area contributed by atoms with Crippen LogP contribution in [0.15, 0.2) is 36.4 Å². The molecule has 1 aliphatic rings. The van der Waals surface area contributed by atoms with Crippen molar-refractivity contribution < 1.29 is 8.42 Å². The minimum Gasteiger partial charge on any atom is -0.370 e. The summed E-state index contributed by atoms with van der Waals surface area (Å²) >= 11 is 0. The van der Waals surface area contributed by atoms with Gasteiger partial charge in [0.05, 0.1) is 11.5 Å². The molecular weight excluding hydrogens is 336 g/mol. The van der Waals surface area contributed by atoms with Crippen LogP contribution in [0.2, 0.25) is 0 Å². The van der Waals surface area contributed by atoms with Crippen LogP contribution in [0.25, 0.3) is 11.4 Å². The summed E-state index contributed by atoms with van der Waals surface area (Å²) in [5.74, 6) is 2.45. The van der Waals surface area contributed by atoms with Crippen molar-refractivity contribution in [2.45, 2.75) is 32.2 Å². The zero-order chi connectivity index (χ0) is 17.7. The van der Waals surface area contributed by atoms with E-state index >= 15 is 0 Å². The molecule has 2 aromatic rings. The van der Waals surface area contributed by atoms with Crippen LogP contribution >= 0.6 is 0 Å². The summed E-state index contributed by atoms with van der Waals surface area (Å²) in [5, 5.41) is 6.60. The highest BCUT2D eigenvalue weighted by Gasteiger charge is 2.28. The topological polar surface area (TPSA) is 84.0 Å². The summed E-state index contributed by atoms with van der Waals surface area (Å²) in [6.07, 6.45) is 2.79. The van der Waals surface area contributed by atoms with E-state index in [1.807, 2.05) is 36.4 Å². The summed E-state index contributed by atoms with van der Waals surface area (Å²) in [6, 6.07) is 11.6. The van der Waals surface area contributed by atoms with E-state index in [0.717, 1.165) is 30.8 Å². The summed E-state index contributed by atoms with van der Waals surface area (Å²) < 4.78 is 23.4. The fraction of sp³-hybridized carbons (Fsp3) is 0.444. The molecule has 1 aromatic carbocycles. The number of sulfone groups is 1. The Labute approximate surface area is 149 Å². The van der Waals surface area contributed by atoms with Gasteiger partial charge < -0.3 is 10.6 Å². The van der Waals surface area contributed by atoms with Crippen molar-refractivity contribution in [2.24, 2.45) is 0 Å². The third kappa shape index (κ3) is 4.92. The Morgan fingerprint density at radius 3 is 2.60 bits per heavy atom. The van der Waals surface area contributed by atoms with E-state index in [9.17, 15) is 8.42 Å². The average Bonchev–Trinajstić information content (AvgIpc) is 2.94. The molecule has 0 radical (unpaired) electrons. The molecule has 7 heteroatoms. The van der Waals surface area contributed by atoms with Gasteiger partial charge in [0, 0.05) is 24.2 Å². The summed E-state index contributed by atoms with van der Waals surface area (Å²) in [6.45, 7) is 2.99. The van der Waals surface area contributed by atoms with Gasteiger partial charge in [-0.05, 0) is 12.8 Å². The van der Waals surface area contributed by atoms with Crippen molar-refractivity contribution in [1.82, 2.24) is 9.97 Å². The Morgan fingerprint density at radius 2 is 1.92 bits per heavy atom. The van der Waals surface area contributed by atoms with E-state index in [2.05, 4.69) is 27.5 Å². The van der Waals surface area contributed by atoms with Gasteiger partial charge in [0.2, 0.25) is 0 Å². The van der Waals surface area contributed by atoms with Crippen LogP contribution in [-0.4, -0.2) is 42.5 Å². The Balaban J connectivity index is 1.84. The normalized spacial score (nSPS) is 18.8. The van der Waals surface area contributed by atoms with Gasteiger partial charge in [-0.15, -0.1) is 0 Å². The molecule has 3 rings (SSSR count). The Bertz CT molecular complexity index is 809. The van der Waals surface area contributed by atoms with Gasteiger partial charge in [-0.1, -0.05) is 43.7 Å². The molecule has 134 valence electrons. The van der Waals surface area contributed by atoms with E-state index in [1.165, 1.54) is 0 Å². The van der Waals surface area contributed by atoms with Gasteiger partial charge in [0.15, 0.2) is 15.7 Å². The molecular formula is C18H24N4O2S. The number of hydrogen-bond acceptors (Lipinski definition) is 6. The fourth-order valence-electron chi connectivity index (χ4n) is 2.84. The standard InChI is InChI=1S/C18H24N4O2S/c1-2-3-10-19-16-12-17(20-15-9-11-25(23,24)13-15)22-18(21-16)14-7-5-4-6-8-14/h4-8,12,15H,2-3,9-11,13H2,1H3,(H2,19,20,21,22). The molecule has 6 nitrogen and oxygen atoms in total. The highest BCUT2D eigenvalue weighted by molar-refractivity contribution is 7.91. The van der Waals surface area contributed by atoms with Crippen LogP contribution in [0.3, 0.4) is 0 Å². The quantitative estimate of drug-likeness (QED) is 0.739. The maximum absolute atomic E-state index is 11.7. The van der Waals surface area contributed by atoms with Crippen molar-refractivity contribution in [2.75, 3.05) is 28.7 Å². The SMILES string of the molecule is CCCCNc1cc(NC2CCS(=O)(=O)C2)nc(-c2ccccc2)n1. The number of nitrogens with one attached hydrogen (secondary N) is 2. The molecule has 1 aromatic heterocycles. The molecule has 1 saturated heterocycles.